The molecule has 3 N–H and O–H groups in total. The van der Waals surface area contributed by atoms with Gasteiger partial charge < -0.3 is 15.6 Å². The number of hydrogen-bond acceptors (Lipinski definition) is 6. The molecule has 1 amide bonds. The van der Waals surface area contributed by atoms with E-state index in [-0.39, 0.29) is 11.5 Å². The van der Waals surface area contributed by atoms with Crippen LogP contribution in [0.25, 0.3) is 33.5 Å². The smallest absolute Gasteiger partial charge is 0.274 e. The van der Waals surface area contributed by atoms with E-state index in [1.807, 2.05) is 61.4 Å². The molecule has 170 valence electrons. The molecule has 9 nitrogen and oxygen atoms in total. The van der Waals surface area contributed by atoms with E-state index < -0.39 is 5.91 Å². The van der Waals surface area contributed by atoms with E-state index in [9.17, 15) is 4.79 Å². The average Bonchev–Trinajstić information content (AvgIpc) is 3.45. The average molecular weight is 473 g/mol. The third-order valence-corrected chi connectivity index (χ3v) is 5.66. The third-order valence-electron chi connectivity index (χ3n) is 5.37. The third kappa shape index (κ3) is 4.08. The Bertz CT molecular complexity index is 1540. The van der Waals surface area contributed by atoms with E-state index in [1.54, 1.807) is 23.1 Å². The standard InChI is InChI=1S/C24H21ClN8O/c1-32-8-5-14(13-32)12-28-24(34)22-23(26)30-21(18-6-9-33(2)31-18)20(29-22)16-10-15-4-3-7-27-19(15)17(25)11-16/h3-11,13H,12H2,1-2H3,(H2,26,30)(H,28,34). The lowest BCUT2D eigenvalue weighted by Crippen LogP contribution is -2.25. The first-order chi connectivity index (χ1) is 16.4. The van der Waals surface area contributed by atoms with Gasteiger partial charge in [-0.25, -0.2) is 9.97 Å². The van der Waals surface area contributed by atoms with Gasteiger partial charge in [-0.1, -0.05) is 17.7 Å². The molecule has 5 rings (SSSR count). The Morgan fingerprint density at radius 1 is 1.12 bits per heavy atom. The van der Waals surface area contributed by atoms with Gasteiger partial charge in [0.25, 0.3) is 5.91 Å². The quantitative estimate of drug-likeness (QED) is 0.403. The lowest BCUT2D eigenvalue weighted by molar-refractivity contribution is 0.0946. The van der Waals surface area contributed by atoms with Crippen molar-refractivity contribution in [2.24, 2.45) is 14.1 Å². The molecule has 0 aliphatic heterocycles. The van der Waals surface area contributed by atoms with E-state index in [0.29, 0.717) is 39.7 Å². The number of nitrogens with one attached hydrogen (secondary N) is 1. The molecule has 0 fully saturated rings. The van der Waals surface area contributed by atoms with Crippen LogP contribution in [0.2, 0.25) is 5.02 Å². The molecule has 4 heterocycles. The monoisotopic (exact) mass is 472 g/mol. The fourth-order valence-electron chi connectivity index (χ4n) is 3.75. The number of benzene rings is 1. The molecule has 0 spiro atoms. The number of nitrogens with zero attached hydrogens (tertiary/aromatic N) is 6. The number of halogens is 1. The van der Waals surface area contributed by atoms with Crippen LogP contribution in [0.4, 0.5) is 5.82 Å². The van der Waals surface area contributed by atoms with Gasteiger partial charge in [-0.05, 0) is 35.9 Å². The second kappa shape index (κ2) is 8.60. The molecule has 0 radical (unpaired) electrons. The number of fused-ring (bicyclic) bond motifs is 1. The van der Waals surface area contributed by atoms with Crippen LogP contribution in [0, 0.1) is 0 Å². The number of nitrogens with two attached hydrogens (primary N) is 1. The van der Waals surface area contributed by atoms with Crippen LogP contribution in [0.3, 0.4) is 0 Å². The second-order valence-corrected chi connectivity index (χ2v) is 8.34. The molecular weight excluding hydrogens is 452 g/mol. The van der Waals surface area contributed by atoms with Crippen molar-refractivity contribution < 1.29 is 4.79 Å². The molecule has 1 aromatic carbocycles. The highest BCUT2D eigenvalue weighted by atomic mass is 35.5. The molecule has 5 aromatic rings. The molecule has 10 heteroatoms. The minimum Gasteiger partial charge on any atom is -0.382 e. The second-order valence-electron chi connectivity index (χ2n) is 7.93. The van der Waals surface area contributed by atoms with Crippen molar-refractivity contribution in [3.8, 4) is 22.6 Å². The highest BCUT2D eigenvalue weighted by Crippen LogP contribution is 2.34. The summed E-state index contributed by atoms with van der Waals surface area (Å²) in [7, 11) is 3.73. The maximum atomic E-state index is 13.0. The van der Waals surface area contributed by atoms with Crippen molar-refractivity contribution in [2.45, 2.75) is 6.54 Å². The van der Waals surface area contributed by atoms with Crippen LogP contribution < -0.4 is 11.1 Å². The summed E-state index contributed by atoms with van der Waals surface area (Å²) < 4.78 is 3.57. The first-order valence-corrected chi connectivity index (χ1v) is 10.9. The predicted molar refractivity (Wildman–Crippen MR) is 131 cm³/mol. The number of aromatic nitrogens is 6. The zero-order valence-corrected chi connectivity index (χ0v) is 19.3. The summed E-state index contributed by atoms with van der Waals surface area (Å²) >= 11 is 6.53. The van der Waals surface area contributed by atoms with Crippen LogP contribution in [-0.2, 0) is 20.6 Å². The van der Waals surface area contributed by atoms with Gasteiger partial charge in [-0.15, -0.1) is 0 Å². The number of nitrogen functional groups attached to an aromatic ring is 1. The minimum atomic E-state index is -0.420. The number of carbonyl (C=O) groups excluding carboxylic acids is 1. The minimum absolute atomic E-state index is 0.0171. The van der Waals surface area contributed by atoms with Crippen molar-refractivity contribution in [3.05, 3.63) is 77.5 Å². The Kier molecular flexibility index (Phi) is 5.46. The highest BCUT2D eigenvalue weighted by molar-refractivity contribution is 6.35. The number of hydrogen-bond donors (Lipinski definition) is 2. The summed E-state index contributed by atoms with van der Waals surface area (Å²) in [5.41, 5.74) is 10.0. The lowest BCUT2D eigenvalue weighted by Gasteiger charge is -2.13. The van der Waals surface area contributed by atoms with E-state index >= 15 is 0 Å². The molecule has 0 aliphatic rings. The molecule has 0 unspecified atom stereocenters. The number of anilines is 1. The summed E-state index contributed by atoms with van der Waals surface area (Å²) in [6.07, 6.45) is 7.32. The first kappa shape index (κ1) is 21.6. The van der Waals surface area contributed by atoms with Crippen LogP contribution >= 0.6 is 11.6 Å². The SMILES string of the molecule is Cn1ccc(CNC(=O)c2nc(-c3cc(Cl)c4ncccc4c3)c(-c3ccn(C)n3)nc2N)c1. The molecule has 34 heavy (non-hydrogen) atoms. The molecule has 0 atom stereocenters. The lowest BCUT2D eigenvalue weighted by atomic mass is 10.0. The normalized spacial score (nSPS) is 11.1. The van der Waals surface area contributed by atoms with Crippen molar-refractivity contribution in [1.29, 1.82) is 0 Å². The summed E-state index contributed by atoms with van der Waals surface area (Å²) in [5.74, 6) is -0.403. The number of carbonyl (C=O) groups is 1. The first-order valence-electron chi connectivity index (χ1n) is 10.5. The molecule has 0 saturated heterocycles. The van der Waals surface area contributed by atoms with Gasteiger partial charge in [0.1, 0.15) is 11.4 Å². The van der Waals surface area contributed by atoms with Crippen molar-refractivity contribution in [3.63, 3.8) is 0 Å². The number of pyridine rings is 1. The molecule has 0 saturated carbocycles. The molecule has 4 aromatic heterocycles. The maximum Gasteiger partial charge on any atom is 0.274 e. The van der Waals surface area contributed by atoms with E-state index in [0.717, 1.165) is 10.9 Å². The van der Waals surface area contributed by atoms with Gasteiger partial charge in [0.05, 0.1) is 16.2 Å². The number of rotatable bonds is 5. The Balaban J connectivity index is 1.61. The molecule has 0 bridgehead atoms. The Morgan fingerprint density at radius 2 is 1.97 bits per heavy atom. The van der Waals surface area contributed by atoms with Crippen LogP contribution in [0.15, 0.2) is 61.2 Å². The van der Waals surface area contributed by atoms with Gasteiger partial charge in [0.15, 0.2) is 11.5 Å². The van der Waals surface area contributed by atoms with Crippen LogP contribution in [0.5, 0.6) is 0 Å². The van der Waals surface area contributed by atoms with E-state index in [1.165, 1.54) is 0 Å². The van der Waals surface area contributed by atoms with E-state index in [2.05, 4.69) is 25.4 Å². The van der Waals surface area contributed by atoms with Crippen molar-refractivity contribution >= 4 is 34.2 Å². The Labute approximate surface area is 200 Å². The zero-order valence-electron chi connectivity index (χ0n) is 18.5. The molecular formula is C24H21ClN8O. The Morgan fingerprint density at radius 3 is 2.71 bits per heavy atom. The topological polar surface area (TPSA) is 117 Å². The summed E-state index contributed by atoms with van der Waals surface area (Å²) in [4.78, 5) is 26.5. The summed E-state index contributed by atoms with van der Waals surface area (Å²) in [6, 6.07) is 11.2. The molecule has 0 aliphatic carbocycles. The Hall–Kier alpha value is -4.24. The van der Waals surface area contributed by atoms with E-state index in [4.69, 9.17) is 17.3 Å². The summed E-state index contributed by atoms with van der Waals surface area (Å²) in [5, 5.41) is 8.62. The number of amides is 1. The van der Waals surface area contributed by atoms with Crippen LogP contribution in [-0.4, -0.2) is 35.2 Å². The fraction of sp³-hybridized carbons (Fsp3) is 0.125. The zero-order chi connectivity index (χ0) is 23.8. The van der Waals surface area contributed by atoms with Gasteiger partial charge in [0, 0.05) is 56.4 Å². The number of aryl methyl sites for hydroxylation is 2. The predicted octanol–water partition coefficient (Wildman–Crippen LogP) is 3.60. The van der Waals surface area contributed by atoms with Gasteiger partial charge in [0.2, 0.25) is 0 Å². The van der Waals surface area contributed by atoms with Crippen molar-refractivity contribution in [1.82, 2.24) is 34.6 Å². The fourth-order valence-corrected chi connectivity index (χ4v) is 4.03. The van der Waals surface area contributed by atoms with Crippen LogP contribution in [0.1, 0.15) is 16.1 Å². The summed E-state index contributed by atoms with van der Waals surface area (Å²) in [6.45, 7) is 0.339. The van der Waals surface area contributed by atoms with Gasteiger partial charge in [-0.3, -0.25) is 14.5 Å². The van der Waals surface area contributed by atoms with Crippen molar-refractivity contribution in [2.75, 3.05) is 5.73 Å². The highest BCUT2D eigenvalue weighted by Gasteiger charge is 2.22. The maximum absolute atomic E-state index is 13.0. The largest absolute Gasteiger partial charge is 0.382 e. The van der Waals surface area contributed by atoms with Gasteiger partial charge >= 0.3 is 0 Å². The van der Waals surface area contributed by atoms with Gasteiger partial charge in [-0.2, -0.15) is 5.10 Å².